The lowest BCUT2D eigenvalue weighted by Crippen LogP contribution is -2.57. The molecule has 39 heavy (non-hydrogen) atoms. The maximum Gasteiger partial charge on any atom is 0.328 e. The zero-order valence-corrected chi connectivity index (χ0v) is 20.9. The number of aliphatic hydroxyl groups is 1. The molecule has 2 aromatic carbocycles. The Morgan fingerprint density at radius 3 is 1.67 bits per heavy atom. The number of carboxylic acids is 1. The average molecular weight is 535 g/mol. The van der Waals surface area contributed by atoms with Crippen molar-refractivity contribution in [2.24, 2.45) is 5.73 Å². The fourth-order valence-corrected chi connectivity index (χ4v) is 4.44. The number of fused-ring (bicyclic) bond motifs is 2. The number of nitrogens with two attached hydrogens (primary N) is 1. The maximum absolute atomic E-state index is 13.5. The van der Waals surface area contributed by atoms with Crippen molar-refractivity contribution in [2.45, 2.75) is 31.0 Å². The molecule has 0 saturated carbocycles. The van der Waals surface area contributed by atoms with Crippen LogP contribution < -0.4 is 21.7 Å². The third-order valence-corrected chi connectivity index (χ3v) is 6.47. The summed E-state index contributed by atoms with van der Waals surface area (Å²) >= 11 is 0. The summed E-state index contributed by atoms with van der Waals surface area (Å²) in [5.41, 5.74) is 8.64. The second-order valence-corrected chi connectivity index (χ2v) is 9.09. The fraction of sp³-hybridized carbons (Fsp3) is 0.259. The van der Waals surface area contributed by atoms with Crippen LogP contribution in [0.3, 0.4) is 0 Å². The van der Waals surface area contributed by atoms with Gasteiger partial charge in [0.15, 0.2) is 0 Å². The molecule has 204 valence electrons. The molecule has 0 bridgehead atoms. The normalized spacial score (nSPS) is 13.5. The third-order valence-electron chi connectivity index (χ3n) is 6.47. The number of hydrogen-bond acceptors (Lipinski definition) is 6. The Morgan fingerprint density at radius 1 is 0.744 bits per heavy atom. The molecule has 0 spiro atoms. The van der Waals surface area contributed by atoms with E-state index in [0.717, 1.165) is 27.4 Å². The number of aliphatic hydroxyl groups excluding tert-OH is 1. The van der Waals surface area contributed by atoms with Gasteiger partial charge in [0.2, 0.25) is 17.7 Å². The highest BCUT2D eigenvalue weighted by Crippen LogP contribution is 2.21. The second kappa shape index (κ2) is 12.2. The van der Waals surface area contributed by atoms with Crippen molar-refractivity contribution in [3.63, 3.8) is 0 Å². The van der Waals surface area contributed by atoms with Gasteiger partial charge in [0.05, 0.1) is 13.2 Å². The molecule has 0 aliphatic rings. The number of para-hydroxylation sites is 2. The summed E-state index contributed by atoms with van der Waals surface area (Å²) in [4.78, 5) is 56.6. The van der Waals surface area contributed by atoms with Crippen LogP contribution in [0.15, 0.2) is 60.9 Å². The predicted molar refractivity (Wildman–Crippen MR) is 144 cm³/mol. The Labute approximate surface area is 223 Å². The van der Waals surface area contributed by atoms with Crippen molar-refractivity contribution >= 4 is 45.5 Å². The number of amides is 3. The van der Waals surface area contributed by atoms with Gasteiger partial charge in [-0.2, -0.15) is 0 Å². The van der Waals surface area contributed by atoms with Gasteiger partial charge in [-0.15, -0.1) is 0 Å². The number of nitrogens with one attached hydrogen (secondary N) is 5. The molecule has 12 heteroatoms. The van der Waals surface area contributed by atoms with Crippen LogP contribution in [0, 0.1) is 0 Å². The van der Waals surface area contributed by atoms with E-state index in [0.29, 0.717) is 5.56 Å². The highest BCUT2D eigenvalue weighted by Gasteiger charge is 2.30. The van der Waals surface area contributed by atoms with Crippen LogP contribution in [0.4, 0.5) is 0 Å². The topological polar surface area (TPSA) is 202 Å². The van der Waals surface area contributed by atoms with Gasteiger partial charge < -0.3 is 41.9 Å². The van der Waals surface area contributed by atoms with Crippen LogP contribution >= 0.6 is 0 Å². The van der Waals surface area contributed by atoms with Gasteiger partial charge in [0.25, 0.3) is 0 Å². The fourth-order valence-electron chi connectivity index (χ4n) is 4.44. The lowest BCUT2D eigenvalue weighted by Gasteiger charge is -2.24. The van der Waals surface area contributed by atoms with E-state index in [-0.39, 0.29) is 19.4 Å². The smallest absolute Gasteiger partial charge is 0.328 e. The second-order valence-electron chi connectivity index (χ2n) is 9.09. The van der Waals surface area contributed by atoms with Gasteiger partial charge in [-0.05, 0) is 23.3 Å². The number of carbonyl (C=O) groups excluding carboxylic acids is 3. The summed E-state index contributed by atoms with van der Waals surface area (Å²) < 4.78 is 0. The van der Waals surface area contributed by atoms with E-state index >= 15 is 0 Å². The molecule has 9 N–H and O–H groups in total. The van der Waals surface area contributed by atoms with Crippen molar-refractivity contribution in [1.29, 1.82) is 0 Å². The van der Waals surface area contributed by atoms with Crippen LogP contribution in [0.25, 0.3) is 21.8 Å². The van der Waals surface area contributed by atoms with Gasteiger partial charge in [-0.3, -0.25) is 14.4 Å². The summed E-state index contributed by atoms with van der Waals surface area (Å²) in [7, 11) is 0. The molecular weight excluding hydrogens is 504 g/mol. The minimum atomic E-state index is -1.56. The van der Waals surface area contributed by atoms with E-state index in [1.165, 1.54) is 0 Å². The summed E-state index contributed by atoms with van der Waals surface area (Å²) in [5, 5.41) is 28.0. The number of carbonyl (C=O) groups is 4. The van der Waals surface area contributed by atoms with Crippen LogP contribution in [0.5, 0.6) is 0 Å². The van der Waals surface area contributed by atoms with Gasteiger partial charge in [0.1, 0.15) is 18.1 Å². The van der Waals surface area contributed by atoms with Crippen molar-refractivity contribution in [3.8, 4) is 0 Å². The van der Waals surface area contributed by atoms with Gasteiger partial charge in [0, 0.05) is 47.0 Å². The largest absolute Gasteiger partial charge is 0.480 e. The highest BCUT2D eigenvalue weighted by molar-refractivity contribution is 5.95. The highest BCUT2D eigenvalue weighted by atomic mass is 16.4. The molecule has 4 rings (SSSR count). The number of carboxylic acid groups (broad SMARTS) is 1. The zero-order chi connectivity index (χ0) is 27.9. The molecular formula is C27H30N6O6. The summed E-state index contributed by atoms with van der Waals surface area (Å²) in [6, 6.07) is 11.0. The molecule has 2 heterocycles. The first kappa shape index (κ1) is 27.4. The van der Waals surface area contributed by atoms with Crippen molar-refractivity contribution < 1.29 is 29.4 Å². The number of H-pyrrole nitrogens is 2. The summed E-state index contributed by atoms with van der Waals surface area (Å²) in [6.45, 7) is -1.17. The van der Waals surface area contributed by atoms with E-state index in [1.54, 1.807) is 12.4 Å². The number of aromatic amines is 2. The number of aliphatic carboxylic acids is 1. The molecule has 0 aliphatic heterocycles. The molecule has 3 atom stereocenters. The predicted octanol–water partition coefficient (Wildman–Crippen LogP) is -0.0756. The Kier molecular flexibility index (Phi) is 8.59. The molecule has 0 fully saturated rings. The van der Waals surface area contributed by atoms with Crippen LogP contribution in [-0.2, 0) is 32.0 Å². The first-order valence-corrected chi connectivity index (χ1v) is 12.3. The first-order valence-electron chi connectivity index (χ1n) is 12.3. The summed E-state index contributed by atoms with van der Waals surface area (Å²) in [6.07, 6.45) is 3.58. The minimum absolute atomic E-state index is 0.0179. The quantitative estimate of drug-likeness (QED) is 0.124. The first-order chi connectivity index (χ1) is 18.8. The lowest BCUT2D eigenvalue weighted by atomic mass is 10.0. The average Bonchev–Trinajstić information content (AvgIpc) is 3.54. The van der Waals surface area contributed by atoms with Crippen LogP contribution in [0.2, 0.25) is 0 Å². The Balaban J connectivity index is 1.61. The Morgan fingerprint density at radius 2 is 1.21 bits per heavy atom. The van der Waals surface area contributed by atoms with Crippen molar-refractivity contribution in [2.75, 3.05) is 13.2 Å². The van der Waals surface area contributed by atoms with Gasteiger partial charge in [-0.1, -0.05) is 36.4 Å². The van der Waals surface area contributed by atoms with Crippen LogP contribution in [0.1, 0.15) is 11.1 Å². The molecule has 0 saturated heterocycles. The Hall–Kier alpha value is -4.68. The Bertz CT molecular complexity index is 1490. The third kappa shape index (κ3) is 6.43. The lowest BCUT2D eigenvalue weighted by molar-refractivity contribution is -0.143. The maximum atomic E-state index is 13.5. The molecule has 0 aliphatic carbocycles. The molecule has 4 aromatic rings. The SMILES string of the molecule is NCC(=O)NC(Cc1c[nH]c2ccccc12)C(=O)NC(Cc1c[nH]c2ccccc12)C(=O)NC(CO)C(=O)O. The zero-order valence-electron chi connectivity index (χ0n) is 20.9. The number of rotatable bonds is 12. The van der Waals surface area contributed by atoms with Gasteiger partial charge in [-0.25, -0.2) is 4.79 Å². The molecule has 3 amide bonds. The van der Waals surface area contributed by atoms with Crippen molar-refractivity contribution in [3.05, 3.63) is 72.1 Å². The van der Waals surface area contributed by atoms with Crippen molar-refractivity contribution in [1.82, 2.24) is 25.9 Å². The standard InChI is InChI=1S/C27H30N6O6/c28-11-24(35)31-21(9-15-12-29-19-7-3-1-5-17(15)19)25(36)32-22(26(37)33-23(14-34)27(38)39)10-16-13-30-20-8-4-2-6-18(16)20/h1-8,12-13,21-23,29-30,34H,9-11,14,28H2,(H,31,35)(H,32,36)(H,33,37)(H,38,39). The monoisotopic (exact) mass is 534 g/mol. The van der Waals surface area contributed by atoms with E-state index in [2.05, 4.69) is 25.9 Å². The van der Waals surface area contributed by atoms with E-state index in [9.17, 15) is 29.4 Å². The van der Waals surface area contributed by atoms with E-state index in [4.69, 9.17) is 5.73 Å². The summed E-state index contributed by atoms with van der Waals surface area (Å²) in [5.74, 6) is -3.43. The van der Waals surface area contributed by atoms with Gasteiger partial charge >= 0.3 is 5.97 Å². The van der Waals surface area contributed by atoms with Crippen LogP contribution in [-0.4, -0.2) is 75.1 Å². The molecule has 3 unspecified atom stereocenters. The molecule has 12 nitrogen and oxygen atoms in total. The number of hydrogen-bond donors (Lipinski definition) is 8. The number of aromatic nitrogens is 2. The molecule has 2 aromatic heterocycles. The molecule has 0 radical (unpaired) electrons. The van der Waals surface area contributed by atoms with E-state index in [1.807, 2.05) is 48.5 Å². The minimum Gasteiger partial charge on any atom is -0.480 e. The number of benzene rings is 2. The van der Waals surface area contributed by atoms with E-state index < -0.39 is 48.4 Å².